The van der Waals surface area contributed by atoms with E-state index in [-0.39, 0.29) is 5.69 Å². The summed E-state index contributed by atoms with van der Waals surface area (Å²) < 4.78 is 40.9. The van der Waals surface area contributed by atoms with Gasteiger partial charge in [0.2, 0.25) is 0 Å². The molecule has 1 aliphatic carbocycles. The second kappa shape index (κ2) is 6.84. The van der Waals surface area contributed by atoms with E-state index in [1.165, 1.54) is 11.3 Å². The van der Waals surface area contributed by atoms with Crippen LogP contribution in [0, 0.1) is 6.57 Å². The SMILES string of the molecule is [C-]#[N+]c1c(C(F)(F)F)cc(-c2cccs2)n(N=C2CCCCC2)c1=O. The predicted octanol–water partition coefficient (Wildman–Crippen LogP) is 5.31. The van der Waals surface area contributed by atoms with E-state index in [2.05, 4.69) is 9.95 Å². The number of thiophene rings is 1. The highest BCUT2D eigenvalue weighted by atomic mass is 32.1. The van der Waals surface area contributed by atoms with Crippen molar-refractivity contribution in [2.24, 2.45) is 5.10 Å². The van der Waals surface area contributed by atoms with Gasteiger partial charge in [-0.3, -0.25) is 4.79 Å². The van der Waals surface area contributed by atoms with Gasteiger partial charge in [0.1, 0.15) is 0 Å². The van der Waals surface area contributed by atoms with Crippen molar-refractivity contribution in [2.75, 3.05) is 0 Å². The van der Waals surface area contributed by atoms with E-state index in [0.29, 0.717) is 17.7 Å². The van der Waals surface area contributed by atoms with E-state index >= 15 is 0 Å². The van der Waals surface area contributed by atoms with Crippen molar-refractivity contribution in [1.29, 1.82) is 0 Å². The fourth-order valence-electron chi connectivity index (χ4n) is 2.82. The normalized spacial score (nSPS) is 15.0. The molecule has 0 bridgehead atoms. The third-order valence-electron chi connectivity index (χ3n) is 4.02. The Balaban J connectivity index is 2.29. The van der Waals surface area contributed by atoms with Gasteiger partial charge in [0.05, 0.1) is 22.7 Å². The minimum atomic E-state index is -4.78. The zero-order valence-corrected chi connectivity index (χ0v) is 14.0. The average molecular weight is 365 g/mol. The number of nitrogens with zero attached hydrogens (tertiary/aromatic N) is 3. The Morgan fingerprint density at radius 2 is 1.96 bits per heavy atom. The minimum absolute atomic E-state index is 0.0674. The van der Waals surface area contributed by atoms with Crippen molar-refractivity contribution < 1.29 is 13.2 Å². The number of aromatic nitrogens is 1. The fourth-order valence-corrected chi connectivity index (χ4v) is 3.54. The molecular weight excluding hydrogens is 351 g/mol. The number of pyridine rings is 1. The number of rotatable bonds is 2. The predicted molar refractivity (Wildman–Crippen MR) is 91.2 cm³/mol. The lowest BCUT2D eigenvalue weighted by atomic mass is 9.99. The van der Waals surface area contributed by atoms with E-state index in [9.17, 15) is 18.0 Å². The molecule has 0 aromatic carbocycles. The maximum absolute atomic E-state index is 13.3. The van der Waals surface area contributed by atoms with Crippen LogP contribution in [0.25, 0.3) is 15.4 Å². The average Bonchev–Trinajstić information content (AvgIpc) is 3.10. The molecule has 0 radical (unpaired) electrons. The molecule has 0 amide bonds. The molecule has 0 aliphatic heterocycles. The Bertz CT molecular complexity index is 897. The molecule has 1 aliphatic rings. The number of alkyl halides is 3. The summed E-state index contributed by atoms with van der Waals surface area (Å²) in [5, 5.41) is 6.04. The molecule has 3 rings (SSSR count). The highest BCUT2D eigenvalue weighted by Crippen LogP contribution is 2.37. The third kappa shape index (κ3) is 3.51. The van der Waals surface area contributed by atoms with E-state index in [4.69, 9.17) is 6.57 Å². The third-order valence-corrected chi connectivity index (χ3v) is 4.91. The summed E-state index contributed by atoms with van der Waals surface area (Å²) in [5.41, 5.74) is -2.32. The second-order valence-electron chi connectivity index (χ2n) is 5.72. The van der Waals surface area contributed by atoms with Gasteiger partial charge in [-0.15, -0.1) is 11.3 Å². The maximum Gasteiger partial charge on any atom is 0.407 e. The van der Waals surface area contributed by atoms with Crippen molar-refractivity contribution in [1.82, 2.24) is 4.68 Å². The van der Waals surface area contributed by atoms with Crippen LogP contribution in [0.3, 0.4) is 0 Å². The van der Waals surface area contributed by atoms with Crippen LogP contribution >= 0.6 is 11.3 Å². The van der Waals surface area contributed by atoms with Gasteiger partial charge in [0.25, 0.3) is 11.2 Å². The van der Waals surface area contributed by atoms with Crippen molar-refractivity contribution in [3.63, 3.8) is 0 Å². The van der Waals surface area contributed by atoms with Crippen molar-refractivity contribution in [2.45, 2.75) is 38.3 Å². The number of hydrogen-bond donors (Lipinski definition) is 0. The Hall–Kier alpha value is -2.40. The van der Waals surface area contributed by atoms with Crippen LogP contribution in [-0.2, 0) is 6.18 Å². The molecule has 1 saturated carbocycles. The van der Waals surface area contributed by atoms with Gasteiger partial charge in [-0.2, -0.15) is 18.3 Å². The molecule has 0 saturated heterocycles. The van der Waals surface area contributed by atoms with Crippen LogP contribution in [0.2, 0.25) is 0 Å². The summed E-state index contributed by atoms with van der Waals surface area (Å²) in [6.45, 7) is 7.03. The van der Waals surface area contributed by atoms with Gasteiger partial charge < -0.3 is 0 Å². The molecule has 0 unspecified atom stereocenters. The molecule has 0 spiro atoms. The Morgan fingerprint density at radius 1 is 1.24 bits per heavy atom. The quantitative estimate of drug-likeness (QED) is 0.664. The van der Waals surface area contributed by atoms with E-state index in [1.54, 1.807) is 17.5 Å². The van der Waals surface area contributed by atoms with Crippen LogP contribution in [0.1, 0.15) is 37.7 Å². The van der Waals surface area contributed by atoms with E-state index in [0.717, 1.165) is 35.7 Å². The summed E-state index contributed by atoms with van der Waals surface area (Å²) in [4.78, 5) is 15.9. The zero-order valence-electron chi connectivity index (χ0n) is 13.1. The summed E-state index contributed by atoms with van der Waals surface area (Å²) in [6, 6.07) is 4.18. The highest BCUT2D eigenvalue weighted by molar-refractivity contribution is 7.13. The topological polar surface area (TPSA) is 38.7 Å². The second-order valence-corrected chi connectivity index (χ2v) is 6.67. The van der Waals surface area contributed by atoms with Gasteiger partial charge in [-0.05, 0) is 43.2 Å². The lowest BCUT2D eigenvalue weighted by molar-refractivity contribution is -0.136. The number of halogens is 3. The van der Waals surface area contributed by atoms with Crippen LogP contribution < -0.4 is 5.56 Å². The highest BCUT2D eigenvalue weighted by Gasteiger charge is 2.36. The van der Waals surface area contributed by atoms with Crippen LogP contribution in [0.4, 0.5) is 18.9 Å². The van der Waals surface area contributed by atoms with Gasteiger partial charge in [-0.1, -0.05) is 12.5 Å². The molecular formula is C17H14F3N3OS. The summed E-state index contributed by atoms with van der Waals surface area (Å²) >= 11 is 1.22. The molecule has 25 heavy (non-hydrogen) atoms. The van der Waals surface area contributed by atoms with Crippen molar-refractivity contribution in [3.8, 4) is 10.6 Å². The van der Waals surface area contributed by atoms with E-state index < -0.39 is 23.0 Å². The number of hydrogen-bond acceptors (Lipinski definition) is 3. The first-order valence-corrected chi connectivity index (χ1v) is 8.65. The molecule has 1 fully saturated rings. The monoisotopic (exact) mass is 365 g/mol. The van der Waals surface area contributed by atoms with Gasteiger partial charge >= 0.3 is 6.18 Å². The van der Waals surface area contributed by atoms with Crippen LogP contribution in [0.15, 0.2) is 33.5 Å². The van der Waals surface area contributed by atoms with Crippen LogP contribution in [0.5, 0.6) is 0 Å². The van der Waals surface area contributed by atoms with E-state index in [1.807, 2.05) is 0 Å². The first-order chi connectivity index (χ1) is 11.9. The largest absolute Gasteiger partial charge is 0.407 e. The lowest BCUT2D eigenvalue weighted by Gasteiger charge is -2.16. The Morgan fingerprint density at radius 3 is 2.52 bits per heavy atom. The molecule has 8 heteroatoms. The molecule has 2 aromatic rings. The Labute approximate surface area is 146 Å². The first kappa shape index (κ1) is 17.4. The molecule has 0 atom stereocenters. The van der Waals surface area contributed by atoms with Gasteiger partial charge in [-0.25, -0.2) is 9.52 Å². The summed E-state index contributed by atoms with van der Waals surface area (Å²) in [6.07, 6.45) is -0.389. The molecule has 0 N–H and O–H groups in total. The van der Waals surface area contributed by atoms with Gasteiger partial charge in [0.15, 0.2) is 0 Å². The maximum atomic E-state index is 13.3. The molecule has 2 heterocycles. The van der Waals surface area contributed by atoms with Gasteiger partial charge in [0, 0.05) is 5.71 Å². The molecule has 2 aromatic heterocycles. The minimum Gasteiger partial charge on any atom is -0.281 e. The first-order valence-electron chi connectivity index (χ1n) is 7.77. The summed E-state index contributed by atoms with van der Waals surface area (Å²) in [7, 11) is 0. The summed E-state index contributed by atoms with van der Waals surface area (Å²) in [5.74, 6) is 0. The molecule has 4 nitrogen and oxygen atoms in total. The van der Waals surface area contributed by atoms with Crippen LogP contribution in [-0.4, -0.2) is 10.4 Å². The lowest BCUT2D eigenvalue weighted by Crippen LogP contribution is -2.23. The standard InChI is InChI=1S/C17H14F3N3OS/c1-21-15-12(17(18,19)20)10-13(14-8-5-9-25-14)23(16(15)24)22-11-6-3-2-4-7-11/h5,8-10H,2-4,6-7H2. The van der Waals surface area contributed by atoms with Crippen molar-refractivity contribution >= 4 is 22.7 Å². The fraction of sp³-hybridized carbons (Fsp3) is 0.353. The Kier molecular flexibility index (Phi) is 4.77. The molecule has 130 valence electrons. The smallest absolute Gasteiger partial charge is 0.281 e. The zero-order chi connectivity index (χ0) is 18.0. The van der Waals surface area contributed by atoms with Crippen molar-refractivity contribution in [3.05, 3.63) is 50.9 Å².